The third-order valence-electron chi connectivity index (χ3n) is 2.84. The fraction of sp³-hybridized carbons (Fsp3) is 0.500. The molecule has 1 aliphatic rings. The fourth-order valence-corrected chi connectivity index (χ4v) is 1.90. The van der Waals surface area contributed by atoms with Crippen LogP contribution >= 0.6 is 0 Å². The lowest BCUT2D eigenvalue weighted by Gasteiger charge is -2.31. The van der Waals surface area contributed by atoms with E-state index in [9.17, 15) is 9.59 Å². The van der Waals surface area contributed by atoms with Crippen LogP contribution in [0.2, 0.25) is 0 Å². The predicted molar refractivity (Wildman–Crippen MR) is 67.7 cm³/mol. The number of ether oxygens (including phenoxy) is 2. The predicted octanol–water partition coefficient (Wildman–Crippen LogP) is -1.13. The second-order valence-electron chi connectivity index (χ2n) is 4.35. The maximum absolute atomic E-state index is 12.0. The van der Waals surface area contributed by atoms with Crippen molar-refractivity contribution in [3.05, 3.63) is 24.3 Å². The first-order valence-corrected chi connectivity index (χ1v) is 6.21. The van der Waals surface area contributed by atoms with E-state index in [1.165, 1.54) is 18.6 Å². The lowest BCUT2D eigenvalue weighted by molar-refractivity contribution is -0.128. The summed E-state index contributed by atoms with van der Waals surface area (Å²) in [4.78, 5) is 30.5. The molecule has 3 N–H and O–H groups in total. The van der Waals surface area contributed by atoms with Gasteiger partial charge >= 0.3 is 0 Å². The SMILES string of the molecule is NC(=O)CO[C@H]1CCOC[C@H]1NC(=O)c1cnccn1. The molecule has 1 saturated heterocycles. The van der Waals surface area contributed by atoms with Crippen LogP contribution in [-0.2, 0) is 14.3 Å². The summed E-state index contributed by atoms with van der Waals surface area (Å²) < 4.78 is 10.7. The number of primary amides is 1. The van der Waals surface area contributed by atoms with Gasteiger partial charge in [0.25, 0.3) is 5.91 Å². The van der Waals surface area contributed by atoms with Gasteiger partial charge in [-0.15, -0.1) is 0 Å². The Hall–Kier alpha value is -2.06. The Balaban J connectivity index is 1.94. The molecule has 108 valence electrons. The number of nitrogens with two attached hydrogens (primary N) is 1. The van der Waals surface area contributed by atoms with E-state index in [0.29, 0.717) is 19.6 Å². The van der Waals surface area contributed by atoms with E-state index in [1.54, 1.807) is 0 Å². The van der Waals surface area contributed by atoms with Gasteiger partial charge in [-0.05, 0) is 6.42 Å². The Bertz CT molecular complexity index is 468. The molecular formula is C12H16N4O4. The first-order chi connectivity index (χ1) is 9.66. The number of aromatic nitrogens is 2. The summed E-state index contributed by atoms with van der Waals surface area (Å²) in [7, 11) is 0. The van der Waals surface area contributed by atoms with Gasteiger partial charge in [-0.25, -0.2) is 4.98 Å². The smallest absolute Gasteiger partial charge is 0.271 e. The van der Waals surface area contributed by atoms with Gasteiger partial charge < -0.3 is 20.5 Å². The largest absolute Gasteiger partial charge is 0.379 e. The second-order valence-corrected chi connectivity index (χ2v) is 4.35. The summed E-state index contributed by atoms with van der Waals surface area (Å²) >= 11 is 0. The van der Waals surface area contributed by atoms with Crippen LogP contribution in [0.1, 0.15) is 16.9 Å². The Morgan fingerprint density at radius 1 is 1.50 bits per heavy atom. The quantitative estimate of drug-likeness (QED) is 0.704. The van der Waals surface area contributed by atoms with Gasteiger partial charge in [-0.3, -0.25) is 14.6 Å². The van der Waals surface area contributed by atoms with Gasteiger partial charge in [-0.1, -0.05) is 0 Å². The maximum Gasteiger partial charge on any atom is 0.271 e. The molecule has 0 saturated carbocycles. The zero-order valence-corrected chi connectivity index (χ0v) is 10.8. The Kier molecular flexibility index (Phi) is 4.97. The van der Waals surface area contributed by atoms with Crippen LogP contribution in [0.3, 0.4) is 0 Å². The number of nitrogens with one attached hydrogen (secondary N) is 1. The molecular weight excluding hydrogens is 264 g/mol. The van der Waals surface area contributed by atoms with Crippen molar-refractivity contribution in [1.82, 2.24) is 15.3 Å². The first-order valence-electron chi connectivity index (χ1n) is 6.21. The summed E-state index contributed by atoms with van der Waals surface area (Å²) in [6.45, 7) is 0.651. The standard InChI is InChI=1S/C12H16N4O4/c13-11(17)7-20-10-1-4-19-6-9(10)16-12(18)8-5-14-2-3-15-8/h2-3,5,9-10H,1,4,6-7H2,(H2,13,17)(H,16,18)/t9-,10+/m1/s1. The summed E-state index contributed by atoms with van der Waals surface area (Å²) in [6, 6.07) is -0.349. The second kappa shape index (κ2) is 6.92. The van der Waals surface area contributed by atoms with Crippen molar-refractivity contribution in [3.8, 4) is 0 Å². The number of rotatable bonds is 5. The third kappa shape index (κ3) is 3.97. The molecule has 0 unspecified atom stereocenters. The van der Waals surface area contributed by atoms with E-state index < -0.39 is 5.91 Å². The van der Waals surface area contributed by atoms with Crippen molar-refractivity contribution in [2.45, 2.75) is 18.6 Å². The molecule has 8 nitrogen and oxygen atoms in total. The van der Waals surface area contributed by atoms with Crippen LogP contribution in [0.5, 0.6) is 0 Å². The van der Waals surface area contributed by atoms with Gasteiger partial charge in [0.15, 0.2) is 0 Å². The van der Waals surface area contributed by atoms with Gasteiger partial charge in [0.05, 0.1) is 24.9 Å². The van der Waals surface area contributed by atoms with E-state index in [0.717, 1.165) is 0 Å². The summed E-state index contributed by atoms with van der Waals surface area (Å²) in [6.07, 6.45) is 4.57. The lowest BCUT2D eigenvalue weighted by atomic mass is 10.1. The van der Waals surface area contributed by atoms with E-state index in [1.807, 2.05) is 0 Å². The number of hydrogen-bond acceptors (Lipinski definition) is 6. The summed E-state index contributed by atoms with van der Waals surface area (Å²) in [5, 5.41) is 2.77. The highest BCUT2D eigenvalue weighted by Crippen LogP contribution is 2.12. The number of carbonyl (C=O) groups is 2. The van der Waals surface area contributed by atoms with Crippen molar-refractivity contribution in [2.75, 3.05) is 19.8 Å². The molecule has 2 amide bonds. The molecule has 1 aromatic rings. The molecule has 2 rings (SSSR count). The molecule has 0 spiro atoms. The van der Waals surface area contributed by atoms with Crippen molar-refractivity contribution in [1.29, 1.82) is 0 Å². The highest BCUT2D eigenvalue weighted by Gasteiger charge is 2.28. The molecule has 2 heterocycles. The van der Waals surface area contributed by atoms with Crippen LogP contribution in [0.4, 0.5) is 0 Å². The molecule has 0 radical (unpaired) electrons. The third-order valence-corrected chi connectivity index (χ3v) is 2.84. The molecule has 1 aromatic heterocycles. The van der Waals surface area contributed by atoms with Crippen molar-refractivity contribution < 1.29 is 19.1 Å². The molecule has 20 heavy (non-hydrogen) atoms. The van der Waals surface area contributed by atoms with Gasteiger partial charge in [0.2, 0.25) is 5.91 Å². The zero-order valence-electron chi connectivity index (χ0n) is 10.8. The highest BCUT2D eigenvalue weighted by molar-refractivity contribution is 5.92. The van der Waals surface area contributed by atoms with E-state index >= 15 is 0 Å². The molecule has 0 bridgehead atoms. The van der Waals surface area contributed by atoms with Crippen LogP contribution in [0.25, 0.3) is 0 Å². The van der Waals surface area contributed by atoms with Crippen molar-refractivity contribution in [3.63, 3.8) is 0 Å². The zero-order chi connectivity index (χ0) is 14.4. The molecule has 0 aromatic carbocycles. The topological polar surface area (TPSA) is 116 Å². The minimum atomic E-state index is -0.546. The minimum absolute atomic E-state index is 0.178. The Morgan fingerprint density at radius 2 is 2.35 bits per heavy atom. The monoisotopic (exact) mass is 280 g/mol. The van der Waals surface area contributed by atoms with Crippen molar-refractivity contribution in [2.24, 2.45) is 5.73 Å². The average molecular weight is 280 g/mol. The first kappa shape index (κ1) is 14.4. The van der Waals surface area contributed by atoms with Crippen LogP contribution < -0.4 is 11.1 Å². The van der Waals surface area contributed by atoms with Crippen LogP contribution in [0.15, 0.2) is 18.6 Å². The molecule has 2 atom stereocenters. The Morgan fingerprint density at radius 3 is 3.05 bits per heavy atom. The number of nitrogens with zero attached hydrogens (tertiary/aromatic N) is 2. The van der Waals surface area contributed by atoms with E-state index in [-0.39, 0.29) is 30.4 Å². The lowest BCUT2D eigenvalue weighted by Crippen LogP contribution is -2.51. The Labute approximate surface area is 115 Å². The molecule has 1 fully saturated rings. The average Bonchev–Trinajstić information content (AvgIpc) is 2.47. The van der Waals surface area contributed by atoms with Crippen LogP contribution in [-0.4, -0.2) is 53.7 Å². The summed E-state index contributed by atoms with van der Waals surface area (Å²) in [5.74, 6) is -0.906. The van der Waals surface area contributed by atoms with Gasteiger partial charge in [-0.2, -0.15) is 0 Å². The summed E-state index contributed by atoms with van der Waals surface area (Å²) in [5.41, 5.74) is 5.26. The van der Waals surface area contributed by atoms with E-state index in [2.05, 4.69) is 15.3 Å². The normalized spacial score (nSPS) is 22.2. The maximum atomic E-state index is 12.0. The fourth-order valence-electron chi connectivity index (χ4n) is 1.90. The van der Waals surface area contributed by atoms with Crippen LogP contribution in [0, 0.1) is 0 Å². The number of amides is 2. The molecule has 8 heteroatoms. The van der Waals surface area contributed by atoms with Gasteiger partial charge in [0, 0.05) is 19.0 Å². The molecule has 1 aliphatic heterocycles. The van der Waals surface area contributed by atoms with Gasteiger partial charge in [0.1, 0.15) is 12.3 Å². The molecule has 0 aliphatic carbocycles. The highest BCUT2D eigenvalue weighted by atomic mass is 16.5. The van der Waals surface area contributed by atoms with Crippen molar-refractivity contribution >= 4 is 11.8 Å². The minimum Gasteiger partial charge on any atom is -0.379 e. The number of carbonyl (C=O) groups excluding carboxylic acids is 2. The number of hydrogen-bond donors (Lipinski definition) is 2. The van der Waals surface area contributed by atoms with E-state index in [4.69, 9.17) is 15.2 Å².